The molecule has 0 bridgehead atoms. The minimum Gasteiger partial charge on any atom is -0.223 e. The lowest BCUT2D eigenvalue weighted by Gasteiger charge is -2.30. The molecule has 26 heavy (non-hydrogen) atoms. The van der Waals surface area contributed by atoms with Crippen LogP contribution in [0.5, 0.6) is 0 Å². The van der Waals surface area contributed by atoms with E-state index >= 15 is 0 Å². The Bertz CT molecular complexity index is 735. The van der Waals surface area contributed by atoms with Gasteiger partial charge in [0.1, 0.15) is 23.5 Å². The molecule has 1 aromatic carbocycles. The van der Waals surface area contributed by atoms with Crippen molar-refractivity contribution in [3.63, 3.8) is 0 Å². The first-order valence-electron chi connectivity index (χ1n) is 8.89. The Morgan fingerprint density at radius 1 is 0.962 bits per heavy atom. The largest absolute Gasteiger partial charge is 0.376 e. The van der Waals surface area contributed by atoms with Gasteiger partial charge in [-0.2, -0.15) is 3.89 Å². The van der Waals surface area contributed by atoms with Gasteiger partial charge in [-0.3, -0.25) is 0 Å². The molecule has 0 aliphatic carbocycles. The molecule has 0 radical (unpaired) electrons. The minimum absolute atomic E-state index is 0.0505. The summed E-state index contributed by atoms with van der Waals surface area (Å²) in [6, 6.07) is 1.94. The van der Waals surface area contributed by atoms with Gasteiger partial charge in [0.15, 0.2) is 15.1 Å². The minimum atomic E-state index is -0.226. The summed E-state index contributed by atoms with van der Waals surface area (Å²) in [5, 5.41) is 0.958. The molecule has 7 heteroatoms. The predicted molar refractivity (Wildman–Crippen MR) is 117 cm³/mol. The number of quaternary nitrogens is 1. The van der Waals surface area contributed by atoms with E-state index in [0.717, 1.165) is 30.4 Å². The topological polar surface area (TPSA) is 17.1 Å². The molecular weight excluding hydrogens is 432 g/mol. The van der Waals surface area contributed by atoms with E-state index in [-0.39, 0.29) is 14.8 Å². The average molecular weight is 456 g/mol. The van der Waals surface area contributed by atoms with E-state index in [1.807, 2.05) is 19.9 Å². The highest BCUT2D eigenvalue weighted by Gasteiger charge is 2.52. The highest BCUT2D eigenvalue weighted by Crippen LogP contribution is 2.52. The van der Waals surface area contributed by atoms with E-state index in [0.29, 0.717) is 26.6 Å². The van der Waals surface area contributed by atoms with Gasteiger partial charge in [-0.25, -0.2) is 4.79 Å². The van der Waals surface area contributed by atoms with Crippen molar-refractivity contribution in [1.29, 1.82) is 0 Å². The van der Waals surface area contributed by atoms with Crippen LogP contribution in [0.4, 0.5) is 5.69 Å². The number of unbranched alkanes of at least 4 members (excludes halogenated alkanes) is 5. The van der Waals surface area contributed by atoms with Crippen LogP contribution in [0.2, 0.25) is 10.0 Å². The van der Waals surface area contributed by atoms with Crippen LogP contribution in [0.1, 0.15) is 56.6 Å². The fraction of sp³-hybridized carbons (Fsp3) is 0.526. The Labute approximate surface area is 180 Å². The summed E-state index contributed by atoms with van der Waals surface area (Å²) in [4.78, 5) is 13.0. The first-order valence-corrected chi connectivity index (χ1v) is 11.2. The van der Waals surface area contributed by atoms with E-state index in [9.17, 15) is 4.79 Å². The highest BCUT2D eigenvalue weighted by atomic mass is 35.5. The molecule has 2 rings (SSSR count). The standard InChI is InChI=1S/C19H24Cl4NOS/c1-4-5-6-7-8-9-10-24(19(25)17(22)18(23)26-24)14-11-12(2)13(3)15(20)16(14)21/h11H,4-10H2,1-3H3/q+1. The van der Waals surface area contributed by atoms with Gasteiger partial charge >= 0.3 is 5.91 Å². The van der Waals surface area contributed by atoms with E-state index in [4.69, 9.17) is 46.4 Å². The Morgan fingerprint density at radius 2 is 1.58 bits per heavy atom. The highest BCUT2D eigenvalue weighted by molar-refractivity contribution is 8.05. The van der Waals surface area contributed by atoms with E-state index in [1.54, 1.807) is 0 Å². The summed E-state index contributed by atoms with van der Waals surface area (Å²) in [7, 11) is 0. The molecule has 1 unspecified atom stereocenters. The molecule has 1 aromatic rings. The number of nitrogens with zero attached hydrogens (tertiary/aromatic N) is 1. The summed E-state index contributed by atoms with van der Waals surface area (Å²) >= 11 is 26.6. The molecule has 0 saturated heterocycles. The Balaban J connectivity index is 2.34. The molecule has 1 atom stereocenters. The Morgan fingerprint density at radius 3 is 2.15 bits per heavy atom. The lowest BCUT2D eigenvalue weighted by atomic mass is 10.1. The fourth-order valence-corrected chi connectivity index (χ4v) is 5.54. The first-order chi connectivity index (χ1) is 12.3. The van der Waals surface area contributed by atoms with Crippen molar-refractivity contribution in [1.82, 2.24) is 3.89 Å². The molecular formula is C19H24Cl4NOS+. The van der Waals surface area contributed by atoms with Crippen LogP contribution in [-0.4, -0.2) is 12.5 Å². The molecule has 2 nitrogen and oxygen atoms in total. The zero-order chi connectivity index (χ0) is 19.5. The maximum Gasteiger partial charge on any atom is 0.376 e. The van der Waals surface area contributed by atoms with Crippen molar-refractivity contribution in [2.24, 2.45) is 0 Å². The van der Waals surface area contributed by atoms with Crippen LogP contribution >= 0.6 is 58.4 Å². The van der Waals surface area contributed by atoms with E-state index in [2.05, 4.69) is 6.92 Å². The molecule has 0 saturated carbocycles. The van der Waals surface area contributed by atoms with Crippen molar-refractivity contribution >= 4 is 69.9 Å². The van der Waals surface area contributed by atoms with Crippen molar-refractivity contribution in [3.05, 3.63) is 36.6 Å². The fourth-order valence-electron chi connectivity index (χ4n) is 3.09. The second kappa shape index (κ2) is 9.54. The van der Waals surface area contributed by atoms with Crippen molar-refractivity contribution in [3.8, 4) is 0 Å². The SMILES string of the molecule is CCCCCCCC[N+]1(c2cc(C)c(C)c(Cl)c2Cl)SC(Cl)=C(Cl)C1=O. The smallest absolute Gasteiger partial charge is 0.223 e. The van der Waals surface area contributed by atoms with Gasteiger partial charge < -0.3 is 0 Å². The zero-order valence-electron chi connectivity index (χ0n) is 15.3. The second-order valence-electron chi connectivity index (χ2n) is 6.68. The maximum absolute atomic E-state index is 13.0. The molecule has 1 aliphatic rings. The van der Waals surface area contributed by atoms with Gasteiger partial charge in [-0.1, -0.05) is 79.0 Å². The van der Waals surface area contributed by atoms with Crippen LogP contribution in [-0.2, 0) is 4.79 Å². The van der Waals surface area contributed by atoms with Gasteiger partial charge in [-0.15, -0.1) is 0 Å². The van der Waals surface area contributed by atoms with Gasteiger partial charge in [0.05, 0.1) is 5.02 Å². The van der Waals surface area contributed by atoms with Crippen LogP contribution in [0.3, 0.4) is 0 Å². The van der Waals surface area contributed by atoms with Crippen molar-refractivity contribution in [2.45, 2.75) is 59.3 Å². The number of rotatable bonds is 8. The predicted octanol–water partition coefficient (Wildman–Crippen LogP) is 8.11. The van der Waals surface area contributed by atoms with Gasteiger partial charge in [-0.05, 0) is 37.8 Å². The third kappa shape index (κ3) is 4.39. The molecule has 1 aliphatic heterocycles. The van der Waals surface area contributed by atoms with Crippen LogP contribution in [0.15, 0.2) is 15.5 Å². The lowest BCUT2D eigenvalue weighted by molar-refractivity contribution is -0.120. The average Bonchev–Trinajstić information content (AvgIpc) is 2.84. The normalized spacial score (nSPS) is 20.3. The van der Waals surface area contributed by atoms with E-state index < -0.39 is 0 Å². The molecule has 0 aromatic heterocycles. The van der Waals surface area contributed by atoms with Crippen LogP contribution in [0, 0.1) is 13.8 Å². The van der Waals surface area contributed by atoms with Gasteiger partial charge in [0.2, 0.25) is 0 Å². The molecule has 0 N–H and O–H groups in total. The molecule has 0 spiro atoms. The number of carbonyl (C=O) groups is 1. The van der Waals surface area contributed by atoms with Crippen LogP contribution < -0.4 is 3.89 Å². The number of benzene rings is 1. The third-order valence-electron chi connectivity index (χ3n) is 4.83. The van der Waals surface area contributed by atoms with Crippen molar-refractivity contribution in [2.75, 3.05) is 6.54 Å². The Kier molecular flexibility index (Phi) is 8.21. The monoisotopic (exact) mass is 454 g/mol. The number of carbonyl (C=O) groups excluding carboxylic acids is 1. The number of aryl methyl sites for hydroxylation is 1. The summed E-state index contributed by atoms with van der Waals surface area (Å²) in [5.74, 6) is -0.226. The summed E-state index contributed by atoms with van der Waals surface area (Å²) < 4.78 is 0.263. The van der Waals surface area contributed by atoms with Gasteiger partial charge in [0, 0.05) is 6.07 Å². The summed E-state index contributed by atoms with van der Waals surface area (Å²) in [6.45, 7) is 6.66. The molecule has 1 amide bonds. The van der Waals surface area contributed by atoms with Gasteiger partial charge in [0.25, 0.3) is 0 Å². The number of amides is 1. The summed E-state index contributed by atoms with van der Waals surface area (Å²) in [5.41, 5.74) is 2.57. The summed E-state index contributed by atoms with van der Waals surface area (Å²) in [6.07, 6.45) is 6.76. The molecule has 0 fully saturated rings. The quantitative estimate of drug-likeness (QED) is 0.223. The maximum atomic E-state index is 13.0. The number of hydrogen-bond acceptors (Lipinski definition) is 2. The third-order valence-corrected chi connectivity index (χ3v) is 7.96. The van der Waals surface area contributed by atoms with E-state index in [1.165, 1.54) is 31.2 Å². The Hall–Kier alpha value is 0.1000. The molecule has 1 heterocycles. The number of halogens is 4. The second-order valence-corrected chi connectivity index (χ2v) is 9.63. The van der Waals surface area contributed by atoms with Crippen LogP contribution in [0.25, 0.3) is 0 Å². The zero-order valence-corrected chi connectivity index (χ0v) is 19.1. The lowest BCUT2D eigenvalue weighted by Crippen LogP contribution is -2.46. The number of hydrogen-bond donors (Lipinski definition) is 0. The molecule has 144 valence electrons. The van der Waals surface area contributed by atoms with Crippen molar-refractivity contribution < 1.29 is 4.79 Å². The first kappa shape index (κ1) is 22.4.